The van der Waals surface area contributed by atoms with Gasteiger partial charge in [0, 0.05) is 49.3 Å². The molecule has 13 aromatic rings. The fraction of sp³-hybridized carbons (Fsp3) is 0. The largest absolute Gasteiger partial charge is 0.308 e. The Kier molecular flexibility index (Phi) is 7.84. The summed E-state index contributed by atoms with van der Waals surface area (Å²) in [6.45, 7) is 0. The van der Waals surface area contributed by atoms with Crippen LogP contribution >= 0.6 is 0 Å². The first-order chi connectivity index (χ1) is 31.2. The Morgan fingerprint density at radius 1 is 0.270 bits per heavy atom. The highest BCUT2D eigenvalue weighted by atomic mass is 15.0. The lowest BCUT2D eigenvalue weighted by molar-refractivity contribution is 1.18. The highest BCUT2D eigenvalue weighted by Crippen LogP contribution is 2.41. The number of aromatic nitrogens is 5. The molecule has 63 heavy (non-hydrogen) atoms. The van der Waals surface area contributed by atoms with Crippen molar-refractivity contribution in [3.63, 3.8) is 0 Å². The summed E-state index contributed by atoms with van der Waals surface area (Å²) in [5.41, 5.74) is 16.1. The van der Waals surface area contributed by atoms with Gasteiger partial charge in [0.1, 0.15) is 0 Å². The van der Waals surface area contributed by atoms with Crippen molar-refractivity contribution in [1.82, 2.24) is 24.5 Å². The van der Waals surface area contributed by atoms with Gasteiger partial charge in [-0.2, -0.15) is 0 Å². The quantitative estimate of drug-likeness (QED) is 0.163. The zero-order valence-electron chi connectivity index (χ0n) is 33.9. The standard InChI is InChI=1S/C58H35N5/c1-4-12-36(13-5-1)49-30-24-38-20-21-39-26-32-51(61-55(39)54(38)59-49)47-29-28-44(45-18-10-11-19-46(45)47)41-27-33-52-48(34-41)58-53(63(52)43-16-8-3-9-17-43)35-42-23-22-40-25-31-50(37-14-6-2-7-15-37)60-56(40)57(42)62-58/h1-35H. The van der Waals surface area contributed by atoms with Crippen molar-refractivity contribution in [2.24, 2.45) is 0 Å². The molecule has 0 saturated carbocycles. The average molecular weight is 802 g/mol. The minimum absolute atomic E-state index is 0.896. The Morgan fingerprint density at radius 3 is 1.37 bits per heavy atom. The molecule has 0 unspecified atom stereocenters. The van der Waals surface area contributed by atoms with E-state index in [-0.39, 0.29) is 0 Å². The summed E-state index contributed by atoms with van der Waals surface area (Å²) in [6.07, 6.45) is 0. The lowest BCUT2D eigenvalue weighted by atomic mass is 9.93. The van der Waals surface area contributed by atoms with Gasteiger partial charge in [-0.15, -0.1) is 0 Å². The highest BCUT2D eigenvalue weighted by molar-refractivity contribution is 6.15. The summed E-state index contributed by atoms with van der Waals surface area (Å²) in [7, 11) is 0. The molecule has 0 radical (unpaired) electrons. The number of pyridine rings is 4. The minimum Gasteiger partial charge on any atom is -0.308 e. The van der Waals surface area contributed by atoms with Crippen LogP contribution in [-0.2, 0) is 0 Å². The third kappa shape index (κ3) is 5.71. The molecular formula is C58H35N5. The number of benzene rings is 8. The SMILES string of the molecule is c1ccc(-c2ccc3ccc4ccc(-c5ccc(-c6ccc7c(c6)c6nc8c(ccc9ccc(-c%10ccccc%10)nc98)cc6n7-c6ccccc6)c6ccccc56)nc4c3n2)cc1. The number of hydrogen-bond donors (Lipinski definition) is 0. The van der Waals surface area contributed by atoms with Crippen molar-refractivity contribution >= 4 is 76.3 Å². The van der Waals surface area contributed by atoms with Gasteiger partial charge in [-0.05, 0) is 70.4 Å². The Morgan fingerprint density at radius 2 is 0.746 bits per heavy atom. The predicted molar refractivity (Wildman–Crippen MR) is 261 cm³/mol. The summed E-state index contributed by atoms with van der Waals surface area (Å²) in [6, 6.07) is 75.0. The van der Waals surface area contributed by atoms with Crippen LogP contribution < -0.4 is 0 Å². The molecule has 292 valence electrons. The van der Waals surface area contributed by atoms with Gasteiger partial charge < -0.3 is 4.57 Å². The van der Waals surface area contributed by atoms with Crippen molar-refractivity contribution in [3.8, 4) is 50.6 Å². The number of rotatable bonds is 5. The van der Waals surface area contributed by atoms with E-state index in [1.165, 1.54) is 0 Å². The number of nitrogens with zero attached hydrogens (tertiary/aromatic N) is 5. The molecule has 0 N–H and O–H groups in total. The van der Waals surface area contributed by atoms with E-state index in [1.54, 1.807) is 0 Å². The normalized spacial score (nSPS) is 11.8. The van der Waals surface area contributed by atoms with Crippen LogP contribution in [0, 0.1) is 0 Å². The molecule has 5 aromatic heterocycles. The van der Waals surface area contributed by atoms with Gasteiger partial charge in [-0.1, -0.05) is 164 Å². The molecule has 5 heterocycles. The first-order valence-corrected chi connectivity index (χ1v) is 21.3. The van der Waals surface area contributed by atoms with Crippen LogP contribution in [0.1, 0.15) is 0 Å². The Bertz CT molecular complexity index is 3950. The minimum atomic E-state index is 0.896. The number of fused-ring (bicyclic) bond motifs is 10. The monoisotopic (exact) mass is 801 g/mol. The zero-order valence-corrected chi connectivity index (χ0v) is 33.9. The van der Waals surface area contributed by atoms with E-state index in [2.05, 4.69) is 205 Å². The predicted octanol–water partition coefficient (Wildman–Crippen LogP) is 14.8. The van der Waals surface area contributed by atoms with E-state index in [9.17, 15) is 0 Å². The molecule has 0 saturated heterocycles. The smallest absolute Gasteiger partial charge is 0.0974 e. The maximum atomic E-state index is 5.54. The first-order valence-electron chi connectivity index (χ1n) is 21.3. The molecule has 0 bridgehead atoms. The number of para-hydroxylation sites is 1. The maximum Gasteiger partial charge on any atom is 0.0974 e. The highest BCUT2D eigenvalue weighted by Gasteiger charge is 2.19. The molecule has 0 atom stereocenters. The van der Waals surface area contributed by atoms with Crippen LogP contribution in [0.4, 0.5) is 0 Å². The van der Waals surface area contributed by atoms with Crippen molar-refractivity contribution in [2.45, 2.75) is 0 Å². The fourth-order valence-electron chi connectivity index (χ4n) is 9.48. The third-order valence-electron chi connectivity index (χ3n) is 12.5. The van der Waals surface area contributed by atoms with E-state index in [0.717, 1.165) is 127 Å². The molecule has 0 aliphatic rings. The van der Waals surface area contributed by atoms with Gasteiger partial charge in [0.05, 0.1) is 55.7 Å². The van der Waals surface area contributed by atoms with Crippen LogP contribution in [0.3, 0.4) is 0 Å². The molecule has 5 heteroatoms. The Hall–Kier alpha value is -8.54. The average Bonchev–Trinajstić information content (AvgIpc) is 3.68. The third-order valence-corrected chi connectivity index (χ3v) is 12.5. The molecule has 13 rings (SSSR count). The summed E-state index contributed by atoms with van der Waals surface area (Å²) in [5, 5.41) is 7.64. The van der Waals surface area contributed by atoms with Crippen LogP contribution in [0.15, 0.2) is 212 Å². The summed E-state index contributed by atoms with van der Waals surface area (Å²) >= 11 is 0. The first kappa shape index (κ1) is 35.2. The van der Waals surface area contributed by atoms with Gasteiger partial charge in [0.25, 0.3) is 0 Å². The van der Waals surface area contributed by atoms with E-state index >= 15 is 0 Å². The van der Waals surface area contributed by atoms with Crippen LogP contribution in [-0.4, -0.2) is 24.5 Å². The van der Waals surface area contributed by atoms with Crippen LogP contribution in [0.25, 0.3) is 127 Å². The van der Waals surface area contributed by atoms with Gasteiger partial charge in [0.15, 0.2) is 0 Å². The molecule has 0 spiro atoms. The molecular weight excluding hydrogens is 767 g/mol. The summed E-state index contributed by atoms with van der Waals surface area (Å²) in [4.78, 5) is 21.3. The zero-order chi connectivity index (χ0) is 41.4. The molecule has 0 aliphatic carbocycles. The van der Waals surface area contributed by atoms with Crippen LogP contribution in [0.5, 0.6) is 0 Å². The van der Waals surface area contributed by atoms with E-state index < -0.39 is 0 Å². The van der Waals surface area contributed by atoms with Gasteiger partial charge in [-0.25, -0.2) is 19.9 Å². The van der Waals surface area contributed by atoms with Crippen molar-refractivity contribution in [1.29, 1.82) is 0 Å². The summed E-state index contributed by atoms with van der Waals surface area (Å²) in [5.74, 6) is 0. The molecule has 0 amide bonds. The maximum absolute atomic E-state index is 5.54. The van der Waals surface area contributed by atoms with E-state index in [1.807, 2.05) is 12.1 Å². The van der Waals surface area contributed by atoms with Crippen molar-refractivity contribution in [3.05, 3.63) is 212 Å². The Labute approximate surface area is 362 Å². The topological polar surface area (TPSA) is 56.5 Å². The molecule has 0 aliphatic heterocycles. The lowest BCUT2D eigenvalue weighted by Gasteiger charge is -2.13. The van der Waals surface area contributed by atoms with Gasteiger partial charge in [0.2, 0.25) is 0 Å². The second-order valence-corrected chi connectivity index (χ2v) is 16.2. The summed E-state index contributed by atoms with van der Waals surface area (Å²) < 4.78 is 2.34. The second-order valence-electron chi connectivity index (χ2n) is 16.2. The van der Waals surface area contributed by atoms with E-state index in [0.29, 0.717) is 0 Å². The molecule has 0 fully saturated rings. The van der Waals surface area contributed by atoms with Crippen molar-refractivity contribution < 1.29 is 0 Å². The molecule has 8 aromatic carbocycles. The van der Waals surface area contributed by atoms with Crippen molar-refractivity contribution in [2.75, 3.05) is 0 Å². The molecule has 5 nitrogen and oxygen atoms in total. The van der Waals surface area contributed by atoms with Crippen LogP contribution in [0.2, 0.25) is 0 Å². The number of hydrogen-bond acceptors (Lipinski definition) is 4. The fourth-order valence-corrected chi connectivity index (χ4v) is 9.48. The van der Waals surface area contributed by atoms with E-state index in [4.69, 9.17) is 19.9 Å². The Balaban J connectivity index is 0.995. The van der Waals surface area contributed by atoms with Gasteiger partial charge >= 0.3 is 0 Å². The lowest BCUT2D eigenvalue weighted by Crippen LogP contribution is -1.94. The second kappa shape index (κ2) is 14.0. The van der Waals surface area contributed by atoms with Gasteiger partial charge in [-0.3, -0.25) is 0 Å².